The number of carbonyl (C=O) groups excluding carboxylic acids is 4. The third-order valence-corrected chi connectivity index (χ3v) is 7.54. The van der Waals surface area contributed by atoms with Gasteiger partial charge in [0.2, 0.25) is 21.8 Å². The van der Waals surface area contributed by atoms with E-state index in [1.165, 1.54) is 4.90 Å². The Kier molecular flexibility index (Phi) is 6.53. The van der Waals surface area contributed by atoms with Crippen molar-refractivity contribution in [2.45, 2.75) is 45.3 Å². The van der Waals surface area contributed by atoms with Gasteiger partial charge in [0, 0.05) is 41.7 Å². The lowest BCUT2D eigenvalue weighted by molar-refractivity contribution is -0.136. The van der Waals surface area contributed by atoms with Crippen molar-refractivity contribution < 1.29 is 27.6 Å². The zero-order valence-corrected chi connectivity index (χ0v) is 21.7. The fraction of sp³-hybridized carbons (Fsp3) is 0.308. The van der Waals surface area contributed by atoms with Crippen LogP contribution in [0.15, 0.2) is 36.4 Å². The highest BCUT2D eigenvalue weighted by atomic mass is 32.2. The van der Waals surface area contributed by atoms with Crippen molar-refractivity contribution in [3.63, 3.8) is 0 Å². The van der Waals surface area contributed by atoms with Gasteiger partial charge in [-0.1, -0.05) is 13.0 Å². The molecule has 38 heavy (non-hydrogen) atoms. The van der Waals surface area contributed by atoms with Crippen molar-refractivity contribution in [1.29, 1.82) is 0 Å². The normalized spacial score (nSPS) is 17.6. The number of benzene rings is 2. The number of aromatic nitrogens is 1. The molecule has 12 heteroatoms. The van der Waals surface area contributed by atoms with Gasteiger partial charge in [0.25, 0.3) is 11.8 Å². The predicted molar refractivity (Wildman–Crippen MR) is 140 cm³/mol. The van der Waals surface area contributed by atoms with E-state index in [1.54, 1.807) is 24.3 Å². The second-order valence-corrected chi connectivity index (χ2v) is 11.4. The number of hydrogen-bond donors (Lipinski definition) is 4. The smallest absolute Gasteiger partial charge is 0.272 e. The summed E-state index contributed by atoms with van der Waals surface area (Å²) >= 11 is 0. The van der Waals surface area contributed by atoms with Gasteiger partial charge in [0.15, 0.2) is 0 Å². The number of fused-ring (bicyclic) bond motifs is 2. The van der Waals surface area contributed by atoms with E-state index < -0.39 is 22.0 Å². The van der Waals surface area contributed by atoms with Crippen LogP contribution in [0.1, 0.15) is 57.3 Å². The van der Waals surface area contributed by atoms with Crippen LogP contribution >= 0.6 is 0 Å². The van der Waals surface area contributed by atoms with Gasteiger partial charge in [-0.2, -0.15) is 0 Å². The highest BCUT2D eigenvalue weighted by Crippen LogP contribution is 2.30. The van der Waals surface area contributed by atoms with E-state index in [4.69, 9.17) is 0 Å². The van der Waals surface area contributed by atoms with Crippen LogP contribution in [0.4, 0.5) is 5.69 Å². The largest absolute Gasteiger partial charge is 0.350 e. The first-order valence-electron chi connectivity index (χ1n) is 12.2. The van der Waals surface area contributed by atoms with Crippen LogP contribution in [-0.4, -0.2) is 54.2 Å². The van der Waals surface area contributed by atoms with Crippen LogP contribution in [0, 0.1) is 0 Å². The number of sulfonamides is 1. The van der Waals surface area contributed by atoms with Gasteiger partial charge in [-0.05, 0) is 59.9 Å². The summed E-state index contributed by atoms with van der Waals surface area (Å²) in [6.45, 7) is 2.29. The monoisotopic (exact) mass is 537 g/mol. The summed E-state index contributed by atoms with van der Waals surface area (Å²) in [5, 5.41) is 6.01. The van der Waals surface area contributed by atoms with Crippen LogP contribution in [0.25, 0.3) is 10.9 Å². The van der Waals surface area contributed by atoms with Gasteiger partial charge in [0.05, 0.1) is 6.26 Å². The Morgan fingerprint density at radius 1 is 1.13 bits per heavy atom. The number of carbonyl (C=O) groups is 4. The number of H-pyrrole nitrogens is 1. The molecule has 0 bridgehead atoms. The maximum absolute atomic E-state index is 13.3. The molecular weight excluding hydrogens is 510 g/mol. The van der Waals surface area contributed by atoms with Gasteiger partial charge in [-0.3, -0.25) is 24.5 Å². The number of piperidine rings is 1. The SMILES string of the molecule is CCc1c(C(=O)Nc2ccc3c(c2)CN(C2CCC(=O)NC2=O)C3=O)[nH]c2ccc(CNS(C)(=O)=O)cc12. The molecule has 3 heterocycles. The van der Waals surface area contributed by atoms with Crippen molar-refractivity contribution in [3.05, 3.63) is 64.3 Å². The maximum atomic E-state index is 13.3. The van der Waals surface area contributed by atoms with E-state index >= 15 is 0 Å². The highest BCUT2D eigenvalue weighted by Gasteiger charge is 2.39. The molecule has 2 aromatic carbocycles. The number of hydrogen-bond acceptors (Lipinski definition) is 6. The highest BCUT2D eigenvalue weighted by molar-refractivity contribution is 7.88. The summed E-state index contributed by atoms with van der Waals surface area (Å²) in [6.07, 6.45) is 2.13. The summed E-state index contributed by atoms with van der Waals surface area (Å²) in [5.41, 5.74) is 4.39. The molecule has 0 radical (unpaired) electrons. The van der Waals surface area contributed by atoms with Crippen molar-refractivity contribution >= 4 is 50.2 Å². The molecule has 11 nitrogen and oxygen atoms in total. The molecule has 5 rings (SSSR count). The van der Waals surface area contributed by atoms with Gasteiger partial charge in [-0.25, -0.2) is 13.1 Å². The van der Waals surface area contributed by atoms with Gasteiger partial charge < -0.3 is 15.2 Å². The molecule has 1 aromatic heterocycles. The zero-order chi connectivity index (χ0) is 27.2. The Bertz CT molecular complexity index is 1610. The number of aryl methyl sites for hydroxylation is 1. The molecule has 0 saturated carbocycles. The van der Waals surface area contributed by atoms with E-state index in [0.717, 1.165) is 28.3 Å². The number of amides is 4. The molecule has 4 N–H and O–H groups in total. The zero-order valence-electron chi connectivity index (χ0n) is 20.9. The Hall–Kier alpha value is -4.03. The van der Waals surface area contributed by atoms with Crippen molar-refractivity contribution in [2.75, 3.05) is 11.6 Å². The van der Waals surface area contributed by atoms with E-state index in [9.17, 15) is 27.6 Å². The summed E-state index contributed by atoms with van der Waals surface area (Å²) in [7, 11) is -3.34. The van der Waals surface area contributed by atoms with E-state index in [1.807, 2.05) is 19.1 Å². The summed E-state index contributed by atoms with van der Waals surface area (Å²) in [4.78, 5) is 54.6. The average molecular weight is 538 g/mol. The molecule has 2 aliphatic rings. The lowest BCUT2D eigenvalue weighted by Crippen LogP contribution is -2.52. The summed E-state index contributed by atoms with van der Waals surface area (Å²) in [5.74, 6) is -1.44. The molecule has 198 valence electrons. The Morgan fingerprint density at radius 2 is 1.92 bits per heavy atom. The minimum absolute atomic E-state index is 0.147. The summed E-state index contributed by atoms with van der Waals surface area (Å²) < 4.78 is 25.4. The van der Waals surface area contributed by atoms with Crippen LogP contribution in [-0.2, 0) is 39.1 Å². The van der Waals surface area contributed by atoms with Crippen LogP contribution in [0.3, 0.4) is 0 Å². The lowest BCUT2D eigenvalue weighted by atomic mass is 10.0. The van der Waals surface area contributed by atoms with Gasteiger partial charge in [0.1, 0.15) is 11.7 Å². The van der Waals surface area contributed by atoms with E-state index in [2.05, 4.69) is 20.3 Å². The molecule has 4 amide bonds. The third kappa shape index (κ3) is 4.92. The molecule has 1 unspecified atom stereocenters. The Balaban J connectivity index is 1.35. The van der Waals surface area contributed by atoms with Crippen LogP contribution in [0.5, 0.6) is 0 Å². The number of rotatable bonds is 7. The number of imide groups is 1. The number of nitrogens with one attached hydrogen (secondary N) is 4. The number of aromatic amines is 1. The topological polar surface area (TPSA) is 158 Å². The second kappa shape index (κ2) is 9.69. The quantitative estimate of drug-likeness (QED) is 0.337. The van der Waals surface area contributed by atoms with Crippen molar-refractivity contribution in [1.82, 2.24) is 19.9 Å². The number of nitrogens with zero attached hydrogens (tertiary/aromatic N) is 1. The first-order valence-corrected chi connectivity index (χ1v) is 14.1. The third-order valence-electron chi connectivity index (χ3n) is 6.87. The fourth-order valence-electron chi connectivity index (χ4n) is 5.03. The van der Waals surface area contributed by atoms with Gasteiger partial charge >= 0.3 is 0 Å². The van der Waals surface area contributed by atoms with E-state index in [-0.39, 0.29) is 43.7 Å². The minimum atomic E-state index is -3.34. The summed E-state index contributed by atoms with van der Waals surface area (Å²) in [6, 6.07) is 9.77. The molecule has 0 spiro atoms. The lowest BCUT2D eigenvalue weighted by Gasteiger charge is -2.29. The first kappa shape index (κ1) is 25.6. The van der Waals surface area contributed by atoms with E-state index in [0.29, 0.717) is 28.9 Å². The second-order valence-electron chi connectivity index (χ2n) is 9.53. The standard InChI is InChI=1S/C26H27N5O6S/c1-3-17-19-10-14(12-27-38(2,36)37)4-7-20(19)29-23(17)25(34)28-16-5-6-18-15(11-16)13-31(26(18)35)21-8-9-22(32)30-24(21)33/h4-7,10-11,21,27,29H,3,8-9,12-13H2,1-2H3,(H,28,34)(H,30,32,33). The van der Waals surface area contributed by atoms with Crippen LogP contribution < -0.4 is 15.4 Å². The molecule has 1 atom stereocenters. The Labute approximate surface area is 219 Å². The van der Waals surface area contributed by atoms with Gasteiger partial charge in [-0.15, -0.1) is 0 Å². The Morgan fingerprint density at radius 3 is 2.63 bits per heavy atom. The van der Waals surface area contributed by atoms with Crippen LogP contribution in [0.2, 0.25) is 0 Å². The molecule has 2 aliphatic heterocycles. The predicted octanol–water partition coefficient (Wildman–Crippen LogP) is 1.79. The molecule has 1 fully saturated rings. The maximum Gasteiger partial charge on any atom is 0.272 e. The van der Waals surface area contributed by atoms with Crippen molar-refractivity contribution in [3.8, 4) is 0 Å². The molecule has 3 aromatic rings. The first-order chi connectivity index (χ1) is 18.0. The fourth-order valence-corrected chi connectivity index (χ4v) is 5.45. The average Bonchev–Trinajstić information content (AvgIpc) is 3.39. The molecule has 0 aliphatic carbocycles. The molecular formula is C26H27N5O6S. The minimum Gasteiger partial charge on any atom is -0.350 e. The van der Waals surface area contributed by atoms with Crippen molar-refractivity contribution in [2.24, 2.45) is 0 Å². The molecule has 1 saturated heterocycles. The number of anilines is 1.